The van der Waals surface area contributed by atoms with E-state index in [1.54, 1.807) is 12.1 Å². The van der Waals surface area contributed by atoms with E-state index in [1.165, 1.54) is 11.8 Å². The van der Waals surface area contributed by atoms with Crippen LogP contribution in [0.1, 0.15) is 24.5 Å². The number of amides is 2. The fourth-order valence-corrected chi connectivity index (χ4v) is 2.70. The lowest BCUT2D eigenvalue weighted by Gasteiger charge is -2.23. The fourth-order valence-electron chi connectivity index (χ4n) is 2.54. The van der Waals surface area contributed by atoms with Crippen molar-refractivity contribution in [3.05, 3.63) is 58.6 Å². The van der Waals surface area contributed by atoms with E-state index in [1.807, 2.05) is 19.1 Å². The van der Waals surface area contributed by atoms with E-state index in [4.69, 9.17) is 11.6 Å². The molecule has 0 bridgehead atoms. The molecule has 0 radical (unpaired) electrons. The molecule has 0 aliphatic carbocycles. The molecule has 2 amide bonds. The molecule has 2 rings (SSSR count). The summed E-state index contributed by atoms with van der Waals surface area (Å²) in [6.07, 6.45) is -4.64. The number of benzene rings is 2. The highest BCUT2D eigenvalue weighted by atomic mass is 35.5. The lowest BCUT2D eigenvalue weighted by molar-refractivity contribution is -0.137. The van der Waals surface area contributed by atoms with E-state index < -0.39 is 17.6 Å². The summed E-state index contributed by atoms with van der Waals surface area (Å²) in [5, 5.41) is 2.37. The van der Waals surface area contributed by atoms with Crippen molar-refractivity contribution in [2.45, 2.75) is 26.4 Å². The number of carbonyl (C=O) groups excluding carboxylic acids is 2. The van der Waals surface area contributed by atoms with E-state index in [-0.39, 0.29) is 29.6 Å². The van der Waals surface area contributed by atoms with Crippen LogP contribution in [-0.2, 0) is 15.8 Å². The Morgan fingerprint density at radius 3 is 2.41 bits per heavy atom. The zero-order valence-corrected chi connectivity index (χ0v) is 15.5. The van der Waals surface area contributed by atoms with Crippen LogP contribution >= 0.6 is 11.6 Å². The molecule has 0 unspecified atom stereocenters. The van der Waals surface area contributed by atoms with Crippen molar-refractivity contribution in [1.29, 1.82) is 0 Å². The largest absolute Gasteiger partial charge is 0.416 e. The Morgan fingerprint density at radius 2 is 1.81 bits per heavy atom. The van der Waals surface area contributed by atoms with Crippen molar-refractivity contribution < 1.29 is 22.8 Å². The Morgan fingerprint density at radius 1 is 1.15 bits per heavy atom. The van der Waals surface area contributed by atoms with Crippen LogP contribution in [0.3, 0.4) is 0 Å². The van der Waals surface area contributed by atoms with Gasteiger partial charge in [0.15, 0.2) is 0 Å². The number of hydrogen-bond acceptors (Lipinski definition) is 2. The number of nitrogens with zero attached hydrogens (tertiary/aromatic N) is 1. The van der Waals surface area contributed by atoms with Crippen molar-refractivity contribution in [2.75, 3.05) is 16.8 Å². The monoisotopic (exact) mass is 398 g/mol. The first-order valence-electron chi connectivity index (χ1n) is 8.10. The Hall–Kier alpha value is -2.54. The molecule has 0 saturated heterocycles. The number of aryl methyl sites for hydroxylation is 1. The van der Waals surface area contributed by atoms with Crippen LogP contribution in [0.4, 0.5) is 24.5 Å². The van der Waals surface area contributed by atoms with Crippen molar-refractivity contribution >= 4 is 34.8 Å². The molecule has 4 nitrogen and oxygen atoms in total. The zero-order valence-electron chi connectivity index (χ0n) is 14.7. The first-order valence-corrected chi connectivity index (χ1v) is 8.47. The molecule has 0 spiro atoms. The number of carbonyl (C=O) groups is 2. The van der Waals surface area contributed by atoms with Crippen LogP contribution < -0.4 is 10.2 Å². The second kappa shape index (κ2) is 8.43. The molecule has 144 valence electrons. The first-order chi connectivity index (χ1) is 12.6. The predicted octanol–water partition coefficient (Wildman–Crippen LogP) is 5.05. The maximum atomic E-state index is 12.8. The van der Waals surface area contributed by atoms with Crippen LogP contribution in [0.5, 0.6) is 0 Å². The van der Waals surface area contributed by atoms with Gasteiger partial charge in [0.1, 0.15) is 0 Å². The van der Waals surface area contributed by atoms with Crippen molar-refractivity contribution in [1.82, 2.24) is 0 Å². The molecule has 0 aliphatic heterocycles. The maximum absolute atomic E-state index is 12.8. The molecule has 0 atom stereocenters. The average Bonchev–Trinajstić information content (AvgIpc) is 2.57. The highest BCUT2D eigenvalue weighted by Crippen LogP contribution is 2.33. The van der Waals surface area contributed by atoms with Crippen LogP contribution in [0.15, 0.2) is 42.5 Å². The van der Waals surface area contributed by atoms with Gasteiger partial charge in [-0.1, -0.05) is 29.8 Å². The third kappa shape index (κ3) is 5.47. The summed E-state index contributed by atoms with van der Waals surface area (Å²) < 4.78 is 38.4. The van der Waals surface area contributed by atoms with Crippen molar-refractivity contribution in [3.8, 4) is 0 Å². The number of halogens is 4. The summed E-state index contributed by atoms with van der Waals surface area (Å²) >= 11 is 5.87. The molecule has 0 heterocycles. The summed E-state index contributed by atoms with van der Waals surface area (Å²) in [5.41, 5.74) is 0.512. The minimum absolute atomic E-state index is 0.00122. The van der Waals surface area contributed by atoms with Gasteiger partial charge in [-0.2, -0.15) is 13.2 Å². The van der Waals surface area contributed by atoms with Crippen LogP contribution in [0, 0.1) is 6.92 Å². The summed E-state index contributed by atoms with van der Waals surface area (Å²) in [7, 11) is 0. The highest BCUT2D eigenvalue weighted by Gasteiger charge is 2.31. The summed E-state index contributed by atoms with van der Waals surface area (Å²) in [6, 6.07) is 9.92. The van der Waals surface area contributed by atoms with Gasteiger partial charge in [-0.15, -0.1) is 0 Å². The third-order valence-electron chi connectivity index (χ3n) is 3.92. The molecule has 0 saturated carbocycles. The number of anilines is 2. The normalized spacial score (nSPS) is 11.2. The average molecular weight is 399 g/mol. The standard InChI is InChI=1S/C19H18ClF3N2O2/c1-12-5-3-4-6-17(12)25(13(2)26)10-9-18(27)24-16-11-14(19(21,22)23)7-8-15(16)20/h3-8,11H,9-10H2,1-2H3,(H,24,27). The third-order valence-corrected chi connectivity index (χ3v) is 4.25. The number of alkyl halides is 3. The van der Waals surface area contributed by atoms with Gasteiger partial charge >= 0.3 is 6.18 Å². The van der Waals surface area contributed by atoms with Gasteiger partial charge < -0.3 is 10.2 Å². The molecule has 8 heteroatoms. The summed E-state index contributed by atoms with van der Waals surface area (Å²) in [6.45, 7) is 3.31. The number of para-hydroxylation sites is 1. The van der Waals surface area contributed by atoms with Gasteiger partial charge in [-0.25, -0.2) is 0 Å². The molecule has 27 heavy (non-hydrogen) atoms. The van der Waals surface area contributed by atoms with Crippen LogP contribution in [0.25, 0.3) is 0 Å². The quantitative estimate of drug-likeness (QED) is 0.766. The number of rotatable bonds is 5. The van der Waals surface area contributed by atoms with Gasteiger partial charge in [-0.3, -0.25) is 9.59 Å². The topological polar surface area (TPSA) is 49.4 Å². The Kier molecular flexibility index (Phi) is 6.49. The van der Waals surface area contributed by atoms with E-state index >= 15 is 0 Å². The van der Waals surface area contributed by atoms with E-state index in [2.05, 4.69) is 5.32 Å². The Labute approximate surface area is 159 Å². The Bertz CT molecular complexity index is 853. The molecule has 2 aromatic carbocycles. The van der Waals surface area contributed by atoms with Crippen LogP contribution in [-0.4, -0.2) is 18.4 Å². The van der Waals surface area contributed by atoms with Crippen molar-refractivity contribution in [3.63, 3.8) is 0 Å². The minimum atomic E-state index is -4.54. The van der Waals surface area contributed by atoms with Gasteiger partial charge in [0.2, 0.25) is 11.8 Å². The lowest BCUT2D eigenvalue weighted by atomic mass is 10.1. The molecule has 0 aliphatic rings. The molecule has 1 N–H and O–H groups in total. The number of nitrogens with one attached hydrogen (secondary N) is 1. The molecule has 0 fully saturated rings. The van der Waals surface area contributed by atoms with E-state index in [0.29, 0.717) is 5.69 Å². The second-order valence-electron chi connectivity index (χ2n) is 5.95. The lowest BCUT2D eigenvalue weighted by Crippen LogP contribution is -2.32. The second-order valence-corrected chi connectivity index (χ2v) is 6.35. The number of hydrogen-bond donors (Lipinski definition) is 1. The zero-order chi connectivity index (χ0) is 20.2. The SMILES string of the molecule is CC(=O)N(CCC(=O)Nc1cc(C(F)(F)F)ccc1Cl)c1ccccc1C. The smallest absolute Gasteiger partial charge is 0.325 e. The molecular formula is C19H18ClF3N2O2. The molecular weight excluding hydrogens is 381 g/mol. The van der Waals surface area contributed by atoms with Gasteiger partial charge in [0, 0.05) is 25.6 Å². The summed E-state index contributed by atoms with van der Waals surface area (Å²) in [5.74, 6) is -0.787. The van der Waals surface area contributed by atoms with Crippen LogP contribution in [0.2, 0.25) is 5.02 Å². The van der Waals surface area contributed by atoms with Gasteiger partial charge in [0.25, 0.3) is 0 Å². The molecule has 0 aromatic heterocycles. The maximum Gasteiger partial charge on any atom is 0.416 e. The fraction of sp³-hybridized carbons (Fsp3) is 0.263. The van der Waals surface area contributed by atoms with E-state index in [9.17, 15) is 22.8 Å². The molecule has 2 aromatic rings. The Balaban J connectivity index is 2.09. The summed E-state index contributed by atoms with van der Waals surface area (Å²) in [4.78, 5) is 25.6. The highest BCUT2D eigenvalue weighted by molar-refractivity contribution is 6.33. The van der Waals surface area contributed by atoms with Crippen molar-refractivity contribution in [2.24, 2.45) is 0 Å². The van der Waals surface area contributed by atoms with Gasteiger partial charge in [0.05, 0.1) is 16.3 Å². The van der Waals surface area contributed by atoms with E-state index in [0.717, 1.165) is 23.8 Å². The first kappa shape index (κ1) is 20.8. The predicted molar refractivity (Wildman–Crippen MR) is 98.9 cm³/mol. The minimum Gasteiger partial charge on any atom is -0.325 e. The van der Waals surface area contributed by atoms with Gasteiger partial charge in [-0.05, 0) is 36.8 Å².